The summed E-state index contributed by atoms with van der Waals surface area (Å²) in [6.07, 6.45) is 2.84. The van der Waals surface area contributed by atoms with Crippen LogP contribution in [0.3, 0.4) is 0 Å². The fourth-order valence-corrected chi connectivity index (χ4v) is 2.18. The van der Waals surface area contributed by atoms with Crippen LogP contribution in [0.15, 0.2) is 36.5 Å². The Bertz CT molecular complexity index is 517. The fourth-order valence-electron chi connectivity index (χ4n) is 2.18. The van der Waals surface area contributed by atoms with Gasteiger partial charge in [0.1, 0.15) is 0 Å². The Morgan fingerprint density at radius 3 is 2.89 bits per heavy atom. The third-order valence-corrected chi connectivity index (χ3v) is 3.12. The molecule has 0 bridgehead atoms. The second-order valence-electron chi connectivity index (χ2n) is 4.83. The summed E-state index contributed by atoms with van der Waals surface area (Å²) in [4.78, 5) is 4.32. The van der Waals surface area contributed by atoms with Crippen LogP contribution in [0.25, 0.3) is 10.9 Å². The molecule has 3 heteroatoms. The van der Waals surface area contributed by atoms with Crippen molar-refractivity contribution in [3.63, 3.8) is 0 Å². The normalized spacial score (nSPS) is 14.6. The van der Waals surface area contributed by atoms with Gasteiger partial charge in [-0.05, 0) is 37.6 Å². The number of fused-ring (bicyclic) bond motifs is 1. The van der Waals surface area contributed by atoms with Crippen molar-refractivity contribution in [3.05, 3.63) is 42.1 Å². The van der Waals surface area contributed by atoms with Crippen molar-refractivity contribution in [2.24, 2.45) is 0 Å². The quantitative estimate of drug-likeness (QED) is 0.794. The zero-order valence-corrected chi connectivity index (χ0v) is 11.0. The maximum absolute atomic E-state index is 10.6. The minimum atomic E-state index is -0.877. The van der Waals surface area contributed by atoms with Gasteiger partial charge in [0.15, 0.2) is 0 Å². The number of rotatable bonds is 5. The van der Waals surface area contributed by atoms with Gasteiger partial charge in [-0.3, -0.25) is 4.98 Å². The zero-order chi connectivity index (χ0) is 13.0. The highest BCUT2D eigenvalue weighted by molar-refractivity contribution is 5.82. The van der Waals surface area contributed by atoms with E-state index in [1.54, 1.807) is 6.20 Å². The van der Waals surface area contributed by atoms with Crippen LogP contribution in [0.2, 0.25) is 0 Å². The molecular weight excluding hydrogens is 224 g/mol. The van der Waals surface area contributed by atoms with Gasteiger partial charge in [-0.1, -0.05) is 25.1 Å². The monoisotopic (exact) mass is 244 g/mol. The molecule has 1 aromatic heterocycles. The number of hydrogen-bond acceptors (Lipinski definition) is 3. The molecule has 3 nitrogen and oxygen atoms in total. The molecule has 0 radical (unpaired) electrons. The molecule has 0 amide bonds. The minimum Gasteiger partial charge on any atom is -0.384 e. The summed E-state index contributed by atoms with van der Waals surface area (Å²) < 4.78 is 0. The van der Waals surface area contributed by atoms with Crippen molar-refractivity contribution in [1.29, 1.82) is 0 Å². The molecule has 0 fully saturated rings. The molecule has 0 aliphatic heterocycles. The van der Waals surface area contributed by atoms with Crippen LogP contribution in [0.1, 0.15) is 25.8 Å². The third-order valence-electron chi connectivity index (χ3n) is 3.12. The number of nitrogens with zero attached hydrogens (tertiary/aromatic N) is 1. The van der Waals surface area contributed by atoms with E-state index in [1.165, 1.54) is 0 Å². The van der Waals surface area contributed by atoms with E-state index < -0.39 is 5.60 Å². The average Bonchev–Trinajstić information content (AvgIpc) is 2.38. The number of aromatic nitrogens is 1. The van der Waals surface area contributed by atoms with E-state index in [0.717, 1.165) is 29.4 Å². The van der Waals surface area contributed by atoms with Crippen molar-refractivity contribution in [1.82, 2.24) is 10.3 Å². The summed E-state index contributed by atoms with van der Waals surface area (Å²) in [7, 11) is 0. The standard InChI is InChI=1S/C15H20N2O/c1-3-9-16-11-15(2,18)13-7-4-8-14-12(13)6-5-10-17-14/h4-8,10,16,18H,3,9,11H2,1-2H3. The number of hydrogen-bond donors (Lipinski definition) is 2. The number of pyridine rings is 1. The number of benzene rings is 1. The van der Waals surface area contributed by atoms with E-state index in [4.69, 9.17) is 0 Å². The van der Waals surface area contributed by atoms with Gasteiger partial charge in [0.05, 0.1) is 11.1 Å². The summed E-state index contributed by atoms with van der Waals surface area (Å²) in [6, 6.07) is 9.79. The first-order valence-corrected chi connectivity index (χ1v) is 6.42. The SMILES string of the molecule is CCCNCC(C)(O)c1cccc2ncccc12. The van der Waals surface area contributed by atoms with Gasteiger partial charge in [0, 0.05) is 18.1 Å². The molecule has 2 aromatic rings. The Labute approximate surface area is 108 Å². The Kier molecular flexibility index (Phi) is 3.94. The average molecular weight is 244 g/mol. The molecule has 18 heavy (non-hydrogen) atoms. The largest absolute Gasteiger partial charge is 0.384 e. The van der Waals surface area contributed by atoms with Gasteiger partial charge in [-0.25, -0.2) is 0 Å². The molecule has 0 aliphatic carbocycles. The van der Waals surface area contributed by atoms with E-state index in [-0.39, 0.29) is 0 Å². The molecule has 2 rings (SSSR count). The molecule has 1 atom stereocenters. The lowest BCUT2D eigenvalue weighted by molar-refractivity contribution is 0.0587. The van der Waals surface area contributed by atoms with Crippen LogP contribution >= 0.6 is 0 Å². The van der Waals surface area contributed by atoms with Crippen molar-refractivity contribution in [3.8, 4) is 0 Å². The molecule has 96 valence electrons. The first kappa shape index (κ1) is 13.0. The van der Waals surface area contributed by atoms with Crippen LogP contribution in [-0.4, -0.2) is 23.2 Å². The molecule has 0 saturated carbocycles. The van der Waals surface area contributed by atoms with Gasteiger partial charge in [-0.15, -0.1) is 0 Å². The summed E-state index contributed by atoms with van der Waals surface area (Å²) in [5, 5.41) is 14.9. The van der Waals surface area contributed by atoms with Crippen molar-refractivity contribution in [2.75, 3.05) is 13.1 Å². The number of nitrogens with one attached hydrogen (secondary N) is 1. The van der Waals surface area contributed by atoms with E-state index in [0.29, 0.717) is 6.54 Å². The summed E-state index contributed by atoms with van der Waals surface area (Å²) in [5.74, 6) is 0. The lowest BCUT2D eigenvalue weighted by Gasteiger charge is -2.25. The fraction of sp³-hybridized carbons (Fsp3) is 0.400. The molecule has 0 saturated heterocycles. The second kappa shape index (κ2) is 5.46. The minimum absolute atomic E-state index is 0.550. The van der Waals surface area contributed by atoms with Crippen molar-refractivity contribution >= 4 is 10.9 Å². The summed E-state index contributed by atoms with van der Waals surface area (Å²) in [6.45, 7) is 5.43. The Morgan fingerprint density at radius 2 is 2.11 bits per heavy atom. The number of aliphatic hydroxyl groups is 1. The van der Waals surface area contributed by atoms with Crippen molar-refractivity contribution in [2.45, 2.75) is 25.9 Å². The Hall–Kier alpha value is -1.45. The molecular formula is C15H20N2O. The maximum atomic E-state index is 10.6. The highest BCUT2D eigenvalue weighted by Crippen LogP contribution is 2.27. The van der Waals surface area contributed by atoms with Crippen LogP contribution in [0, 0.1) is 0 Å². The van der Waals surface area contributed by atoms with Crippen LogP contribution < -0.4 is 5.32 Å². The van der Waals surface area contributed by atoms with E-state index in [1.807, 2.05) is 37.3 Å². The second-order valence-corrected chi connectivity index (χ2v) is 4.83. The lowest BCUT2D eigenvalue weighted by atomic mass is 9.92. The van der Waals surface area contributed by atoms with Gasteiger partial charge < -0.3 is 10.4 Å². The van der Waals surface area contributed by atoms with Crippen LogP contribution in [0.4, 0.5) is 0 Å². The molecule has 2 N–H and O–H groups in total. The molecule has 0 aliphatic rings. The van der Waals surface area contributed by atoms with E-state index >= 15 is 0 Å². The topological polar surface area (TPSA) is 45.1 Å². The Morgan fingerprint density at radius 1 is 1.28 bits per heavy atom. The van der Waals surface area contributed by atoms with Gasteiger partial charge >= 0.3 is 0 Å². The van der Waals surface area contributed by atoms with Gasteiger partial charge in [0.25, 0.3) is 0 Å². The highest BCUT2D eigenvalue weighted by Gasteiger charge is 2.24. The molecule has 0 spiro atoms. The highest BCUT2D eigenvalue weighted by atomic mass is 16.3. The lowest BCUT2D eigenvalue weighted by Crippen LogP contribution is -2.35. The summed E-state index contributed by atoms with van der Waals surface area (Å²) >= 11 is 0. The smallest absolute Gasteiger partial charge is 0.0998 e. The molecule has 1 aromatic carbocycles. The Balaban J connectivity index is 2.34. The first-order valence-electron chi connectivity index (χ1n) is 6.42. The van der Waals surface area contributed by atoms with Gasteiger partial charge in [0.2, 0.25) is 0 Å². The van der Waals surface area contributed by atoms with E-state index in [2.05, 4.69) is 17.2 Å². The summed E-state index contributed by atoms with van der Waals surface area (Å²) in [5.41, 5.74) is 0.972. The predicted octanol–water partition coefficient (Wildman–Crippen LogP) is 2.44. The third kappa shape index (κ3) is 2.68. The van der Waals surface area contributed by atoms with Crippen LogP contribution in [-0.2, 0) is 5.60 Å². The van der Waals surface area contributed by atoms with Crippen LogP contribution in [0.5, 0.6) is 0 Å². The molecule has 1 heterocycles. The van der Waals surface area contributed by atoms with Crippen molar-refractivity contribution < 1.29 is 5.11 Å². The molecule has 1 unspecified atom stereocenters. The van der Waals surface area contributed by atoms with E-state index in [9.17, 15) is 5.11 Å². The first-order chi connectivity index (χ1) is 8.65. The zero-order valence-electron chi connectivity index (χ0n) is 11.0. The van der Waals surface area contributed by atoms with Gasteiger partial charge in [-0.2, -0.15) is 0 Å². The predicted molar refractivity (Wildman–Crippen MR) is 74.5 cm³/mol. The maximum Gasteiger partial charge on any atom is 0.0998 e.